The first-order valence-electron chi connectivity index (χ1n) is 6.53. The Morgan fingerprint density at radius 1 is 1.35 bits per heavy atom. The molecule has 0 aromatic carbocycles. The van der Waals surface area contributed by atoms with Gasteiger partial charge in [0.2, 0.25) is 5.91 Å². The van der Waals surface area contributed by atoms with Crippen LogP contribution in [0.3, 0.4) is 0 Å². The number of carbonyl (C=O) groups excluding carboxylic acids is 1. The highest BCUT2D eigenvalue weighted by Gasteiger charge is 2.27. The van der Waals surface area contributed by atoms with E-state index in [1.54, 1.807) is 0 Å². The standard InChI is InChI=1S/C12H26N4O/c1-15(5-2-4-13)6-3-7-16-10-11(9-14)8-12(16)17/h11H,2-10,13-14H2,1H3. The molecule has 100 valence electrons. The van der Waals surface area contributed by atoms with Crippen molar-refractivity contribution in [3.63, 3.8) is 0 Å². The van der Waals surface area contributed by atoms with Gasteiger partial charge in [-0.2, -0.15) is 0 Å². The predicted octanol–water partition coefficient (Wildman–Crippen LogP) is -0.536. The Labute approximate surface area is 104 Å². The Morgan fingerprint density at radius 3 is 2.65 bits per heavy atom. The first kappa shape index (κ1) is 14.4. The van der Waals surface area contributed by atoms with E-state index in [0.717, 1.165) is 45.6 Å². The van der Waals surface area contributed by atoms with Crippen molar-refractivity contribution >= 4 is 5.91 Å². The molecule has 1 aliphatic rings. The molecule has 4 N–H and O–H groups in total. The molecule has 0 aromatic rings. The molecule has 0 aliphatic carbocycles. The van der Waals surface area contributed by atoms with Gasteiger partial charge in [0, 0.05) is 19.5 Å². The van der Waals surface area contributed by atoms with Crippen LogP contribution in [0.2, 0.25) is 0 Å². The van der Waals surface area contributed by atoms with E-state index in [1.165, 1.54) is 0 Å². The van der Waals surface area contributed by atoms with E-state index in [9.17, 15) is 4.79 Å². The van der Waals surface area contributed by atoms with Crippen LogP contribution in [0.4, 0.5) is 0 Å². The molecule has 1 saturated heterocycles. The van der Waals surface area contributed by atoms with Crippen molar-refractivity contribution in [2.75, 3.05) is 46.3 Å². The lowest BCUT2D eigenvalue weighted by atomic mass is 10.1. The van der Waals surface area contributed by atoms with Crippen LogP contribution < -0.4 is 11.5 Å². The van der Waals surface area contributed by atoms with Crippen LogP contribution in [0.1, 0.15) is 19.3 Å². The number of nitrogens with two attached hydrogens (primary N) is 2. The Bertz CT molecular complexity index is 235. The maximum Gasteiger partial charge on any atom is 0.222 e. The van der Waals surface area contributed by atoms with Crippen LogP contribution in [0.5, 0.6) is 0 Å². The number of likely N-dealkylation sites (tertiary alicyclic amines) is 1. The third-order valence-corrected chi connectivity index (χ3v) is 3.34. The maximum absolute atomic E-state index is 11.6. The SMILES string of the molecule is CN(CCCN)CCCN1CC(CN)CC1=O. The van der Waals surface area contributed by atoms with Gasteiger partial charge in [-0.1, -0.05) is 0 Å². The summed E-state index contributed by atoms with van der Waals surface area (Å²) >= 11 is 0. The molecule has 1 amide bonds. The van der Waals surface area contributed by atoms with Gasteiger partial charge < -0.3 is 21.3 Å². The topological polar surface area (TPSA) is 75.6 Å². The van der Waals surface area contributed by atoms with Crippen molar-refractivity contribution in [2.24, 2.45) is 17.4 Å². The zero-order valence-electron chi connectivity index (χ0n) is 10.9. The molecule has 0 saturated carbocycles. The fraction of sp³-hybridized carbons (Fsp3) is 0.917. The third-order valence-electron chi connectivity index (χ3n) is 3.34. The molecule has 0 spiro atoms. The molecule has 1 heterocycles. The van der Waals surface area contributed by atoms with Gasteiger partial charge in [0.1, 0.15) is 0 Å². The van der Waals surface area contributed by atoms with E-state index in [2.05, 4.69) is 11.9 Å². The highest BCUT2D eigenvalue weighted by Crippen LogP contribution is 2.16. The highest BCUT2D eigenvalue weighted by atomic mass is 16.2. The van der Waals surface area contributed by atoms with Crippen molar-refractivity contribution in [1.82, 2.24) is 9.80 Å². The van der Waals surface area contributed by atoms with Gasteiger partial charge in [-0.3, -0.25) is 4.79 Å². The molecule has 5 nitrogen and oxygen atoms in total. The number of carbonyl (C=O) groups is 1. The summed E-state index contributed by atoms with van der Waals surface area (Å²) < 4.78 is 0. The van der Waals surface area contributed by atoms with E-state index in [0.29, 0.717) is 18.9 Å². The second-order valence-electron chi connectivity index (χ2n) is 4.94. The van der Waals surface area contributed by atoms with Gasteiger partial charge in [-0.25, -0.2) is 0 Å². The average Bonchev–Trinajstić information content (AvgIpc) is 2.68. The van der Waals surface area contributed by atoms with Crippen molar-refractivity contribution < 1.29 is 4.79 Å². The second-order valence-corrected chi connectivity index (χ2v) is 4.94. The summed E-state index contributed by atoms with van der Waals surface area (Å²) in [4.78, 5) is 15.9. The Kier molecular flexibility index (Phi) is 6.47. The van der Waals surface area contributed by atoms with E-state index in [4.69, 9.17) is 11.5 Å². The van der Waals surface area contributed by atoms with Gasteiger partial charge in [0.05, 0.1) is 0 Å². The molecule has 0 aromatic heterocycles. The van der Waals surface area contributed by atoms with Gasteiger partial charge in [0.25, 0.3) is 0 Å². The van der Waals surface area contributed by atoms with Crippen molar-refractivity contribution in [2.45, 2.75) is 19.3 Å². The summed E-state index contributed by atoms with van der Waals surface area (Å²) in [6.07, 6.45) is 2.71. The first-order chi connectivity index (χ1) is 8.17. The summed E-state index contributed by atoms with van der Waals surface area (Å²) in [6, 6.07) is 0. The Hall–Kier alpha value is -0.650. The fourth-order valence-corrected chi connectivity index (χ4v) is 2.23. The first-order valence-corrected chi connectivity index (χ1v) is 6.53. The van der Waals surface area contributed by atoms with Crippen LogP contribution in [0.15, 0.2) is 0 Å². The van der Waals surface area contributed by atoms with Gasteiger partial charge in [0.15, 0.2) is 0 Å². The number of hydrogen-bond acceptors (Lipinski definition) is 4. The van der Waals surface area contributed by atoms with E-state index in [1.807, 2.05) is 4.90 Å². The molecule has 5 heteroatoms. The molecule has 1 atom stereocenters. The molecule has 1 rings (SSSR count). The number of rotatable bonds is 8. The number of nitrogens with zero attached hydrogens (tertiary/aromatic N) is 2. The molecular weight excluding hydrogens is 216 g/mol. The van der Waals surface area contributed by atoms with Crippen molar-refractivity contribution in [3.8, 4) is 0 Å². The van der Waals surface area contributed by atoms with Crippen LogP contribution in [0.25, 0.3) is 0 Å². The highest BCUT2D eigenvalue weighted by molar-refractivity contribution is 5.78. The minimum absolute atomic E-state index is 0.269. The van der Waals surface area contributed by atoms with E-state index < -0.39 is 0 Å². The molecule has 1 fully saturated rings. The van der Waals surface area contributed by atoms with Gasteiger partial charge in [-0.15, -0.1) is 0 Å². The summed E-state index contributed by atoms with van der Waals surface area (Å²) in [5, 5.41) is 0. The monoisotopic (exact) mass is 242 g/mol. The molecule has 0 radical (unpaired) electrons. The van der Waals surface area contributed by atoms with Gasteiger partial charge in [-0.05, 0) is 52.0 Å². The average molecular weight is 242 g/mol. The molecule has 17 heavy (non-hydrogen) atoms. The van der Waals surface area contributed by atoms with E-state index >= 15 is 0 Å². The lowest BCUT2D eigenvalue weighted by Gasteiger charge is -2.20. The smallest absolute Gasteiger partial charge is 0.222 e. The predicted molar refractivity (Wildman–Crippen MR) is 69.5 cm³/mol. The van der Waals surface area contributed by atoms with Crippen LogP contribution in [-0.2, 0) is 4.79 Å². The van der Waals surface area contributed by atoms with Crippen molar-refractivity contribution in [1.29, 1.82) is 0 Å². The quantitative estimate of drug-likeness (QED) is 0.600. The van der Waals surface area contributed by atoms with Crippen molar-refractivity contribution in [3.05, 3.63) is 0 Å². The molecular formula is C12H26N4O. The Morgan fingerprint density at radius 2 is 2.06 bits per heavy atom. The van der Waals surface area contributed by atoms with Crippen LogP contribution >= 0.6 is 0 Å². The zero-order chi connectivity index (χ0) is 12.7. The normalized spacial score (nSPS) is 20.6. The number of amides is 1. The molecule has 1 unspecified atom stereocenters. The molecule has 1 aliphatic heterocycles. The maximum atomic E-state index is 11.6. The minimum atomic E-state index is 0.269. The second kappa shape index (κ2) is 7.63. The lowest BCUT2D eigenvalue weighted by Crippen LogP contribution is -2.30. The van der Waals surface area contributed by atoms with Crippen LogP contribution in [0, 0.1) is 5.92 Å². The van der Waals surface area contributed by atoms with Crippen LogP contribution in [-0.4, -0.2) is 62.0 Å². The summed E-state index contributed by atoms with van der Waals surface area (Å²) in [5.74, 6) is 0.641. The largest absolute Gasteiger partial charge is 0.342 e. The summed E-state index contributed by atoms with van der Waals surface area (Å²) in [5.41, 5.74) is 11.1. The fourth-order valence-electron chi connectivity index (χ4n) is 2.23. The van der Waals surface area contributed by atoms with E-state index in [-0.39, 0.29) is 5.91 Å². The lowest BCUT2D eigenvalue weighted by molar-refractivity contribution is -0.127. The third kappa shape index (κ3) is 5.02. The molecule has 0 bridgehead atoms. The van der Waals surface area contributed by atoms with Gasteiger partial charge >= 0.3 is 0 Å². The Balaban J connectivity index is 2.12. The number of hydrogen-bond donors (Lipinski definition) is 2. The summed E-state index contributed by atoms with van der Waals surface area (Å²) in [7, 11) is 2.10. The zero-order valence-corrected chi connectivity index (χ0v) is 10.9. The minimum Gasteiger partial charge on any atom is -0.342 e. The summed E-state index contributed by atoms with van der Waals surface area (Å²) in [6.45, 7) is 5.14.